The Labute approximate surface area is 226 Å². The van der Waals surface area contributed by atoms with Gasteiger partial charge in [-0.25, -0.2) is 16.8 Å². The van der Waals surface area contributed by atoms with Crippen LogP contribution in [0.3, 0.4) is 0 Å². The Morgan fingerprint density at radius 1 is 0.868 bits per heavy atom. The van der Waals surface area contributed by atoms with Crippen LogP contribution >= 0.6 is 11.6 Å². The summed E-state index contributed by atoms with van der Waals surface area (Å²) in [6.07, 6.45) is 0. The Bertz CT molecular complexity index is 1460. The number of hydrogen-bond donors (Lipinski definition) is 2. The number of sulfonamides is 2. The fourth-order valence-electron chi connectivity index (χ4n) is 3.56. The summed E-state index contributed by atoms with van der Waals surface area (Å²) in [5.74, 6) is -0.0700. The van der Waals surface area contributed by atoms with E-state index in [2.05, 4.69) is 10.0 Å². The van der Waals surface area contributed by atoms with E-state index in [0.29, 0.717) is 42.8 Å². The van der Waals surface area contributed by atoms with Crippen molar-refractivity contribution in [2.45, 2.75) is 16.3 Å². The molecule has 0 radical (unpaired) electrons. The minimum Gasteiger partial charge on any atom is -0.484 e. The van der Waals surface area contributed by atoms with Crippen LogP contribution in [0.5, 0.6) is 5.75 Å². The third-order valence-corrected chi connectivity index (χ3v) is 9.18. The van der Waals surface area contributed by atoms with E-state index in [1.165, 1.54) is 40.7 Å². The molecule has 1 aliphatic heterocycles. The van der Waals surface area contributed by atoms with Gasteiger partial charge < -0.3 is 14.8 Å². The maximum atomic E-state index is 12.7. The Morgan fingerprint density at radius 3 is 2.11 bits per heavy atom. The monoisotopic (exact) mass is 579 g/mol. The van der Waals surface area contributed by atoms with E-state index in [0.717, 1.165) is 5.56 Å². The van der Waals surface area contributed by atoms with E-state index in [4.69, 9.17) is 21.1 Å². The number of halogens is 1. The first kappa shape index (κ1) is 27.9. The van der Waals surface area contributed by atoms with Crippen LogP contribution in [0.1, 0.15) is 5.56 Å². The van der Waals surface area contributed by atoms with Gasteiger partial charge in [-0.1, -0.05) is 23.7 Å². The molecule has 38 heavy (non-hydrogen) atoms. The summed E-state index contributed by atoms with van der Waals surface area (Å²) in [7, 11) is -7.39. The van der Waals surface area contributed by atoms with Gasteiger partial charge >= 0.3 is 0 Å². The van der Waals surface area contributed by atoms with Gasteiger partial charge in [0.15, 0.2) is 6.61 Å². The largest absolute Gasteiger partial charge is 0.484 e. The molecule has 202 valence electrons. The average Bonchev–Trinajstić information content (AvgIpc) is 2.93. The molecule has 0 unspecified atom stereocenters. The Balaban J connectivity index is 1.25. The lowest BCUT2D eigenvalue weighted by Gasteiger charge is -2.26. The molecule has 3 aromatic rings. The van der Waals surface area contributed by atoms with Crippen LogP contribution in [0, 0.1) is 0 Å². The van der Waals surface area contributed by atoms with E-state index < -0.39 is 26.0 Å². The fourth-order valence-corrected chi connectivity index (χ4v) is 6.16. The van der Waals surface area contributed by atoms with Crippen molar-refractivity contribution in [1.82, 2.24) is 9.62 Å². The molecular weight excluding hydrogens is 554 g/mol. The molecule has 10 nitrogen and oxygen atoms in total. The molecule has 0 atom stereocenters. The van der Waals surface area contributed by atoms with Crippen molar-refractivity contribution in [3.05, 3.63) is 83.4 Å². The van der Waals surface area contributed by atoms with Gasteiger partial charge in [-0.3, -0.25) is 9.52 Å². The van der Waals surface area contributed by atoms with Crippen LogP contribution < -0.4 is 14.8 Å². The highest BCUT2D eigenvalue weighted by Crippen LogP contribution is 2.21. The number of benzene rings is 3. The van der Waals surface area contributed by atoms with Crippen molar-refractivity contribution >= 4 is 43.2 Å². The maximum Gasteiger partial charge on any atom is 0.261 e. The Morgan fingerprint density at radius 2 is 1.47 bits per heavy atom. The zero-order chi connectivity index (χ0) is 27.2. The van der Waals surface area contributed by atoms with E-state index in [9.17, 15) is 21.6 Å². The van der Waals surface area contributed by atoms with Crippen LogP contribution in [0.2, 0.25) is 5.02 Å². The number of carbonyl (C=O) groups is 1. The molecule has 1 fully saturated rings. The third kappa shape index (κ3) is 7.23. The molecule has 3 aromatic carbocycles. The number of nitrogens with one attached hydrogen (secondary N) is 2. The fraction of sp³-hybridized carbons (Fsp3) is 0.240. The molecule has 0 aromatic heterocycles. The summed E-state index contributed by atoms with van der Waals surface area (Å²) in [5, 5.41) is 3.19. The predicted octanol–water partition coefficient (Wildman–Crippen LogP) is 2.86. The maximum absolute atomic E-state index is 12.7. The van der Waals surface area contributed by atoms with Crippen molar-refractivity contribution in [3.8, 4) is 5.75 Å². The lowest BCUT2D eigenvalue weighted by atomic mass is 10.2. The van der Waals surface area contributed by atoms with Crippen LogP contribution in [0.15, 0.2) is 82.6 Å². The van der Waals surface area contributed by atoms with Crippen LogP contribution in [0.25, 0.3) is 0 Å². The molecule has 0 spiro atoms. The molecule has 0 aliphatic carbocycles. The van der Waals surface area contributed by atoms with Gasteiger partial charge in [0.2, 0.25) is 10.0 Å². The molecule has 2 N–H and O–H groups in total. The van der Waals surface area contributed by atoms with Gasteiger partial charge in [0, 0.05) is 30.3 Å². The zero-order valence-electron chi connectivity index (χ0n) is 20.2. The molecule has 1 aliphatic rings. The first-order valence-corrected chi connectivity index (χ1v) is 14.9. The molecular formula is C25H26ClN3O7S2. The summed E-state index contributed by atoms with van der Waals surface area (Å²) >= 11 is 5.82. The highest BCUT2D eigenvalue weighted by molar-refractivity contribution is 7.92. The van der Waals surface area contributed by atoms with E-state index >= 15 is 0 Å². The van der Waals surface area contributed by atoms with Crippen molar-refractivity contribution in [3.63, 3.8) is 0 Å². The predicted molar refractivity (Wildman–Crippen MR) is 142 cm³/mol. The van der Waals surface area contributed by atoms with Gasteiger partial charge in [-0.2, -0.15) is 4.31 Å². The standard InChI is InChI=1S/C25H26ClN3O7S2/c26-20-3-5-21(6-4-20)28-37(31,32)23-11-7-22(8-12-23)36-18-25(30)27-17-19-1-9-24(10-2-19)38(33,34)29-13-15-35-16-14-29/h1-12,28H,13-18H2,(H,27,30). The number of amides is 1. The second-order valence-electron chi connectivity index (χ2n) is 8.31. The van der Waals surface area contributed by atoms with Crippen molar-refractivity contribution in [2.75, 3.05) is 37.6 Å². The number of rotatable bonds is 10. The van der Waals surface area contributed by atoms with Crippen molar-refractivity contribution in [1.29, 1.82) is 0 Å². The second-order valence-corrected chi connectivity index (χ2v) is 12.4. The number of carbonyl (C=O) groups excluding carboxylic acids is 1. The van der Waals surface area contributed by atoms with Gasteiger partial charge in [0.25, 0.3) is 15.9 Å². The minimum absolute atomic E-state index is 0.0309. The molecule has 1 amide bonds. The van der Waals surface area contributed by atoms with Gasteiger partial charge in [0.1, 0.15) is 5.75 Å². The van der Waals surface area contributed by atoms with E-state index in [1.807, 2.05) is 0 Å². The van der Waals surface area contributed by atoms with Crippen LogP contribution in [-0.4, -0.2) is 60.0 Å². The summed E-state index contributed by atoms with van der Waals surface area (Å²) in [6, 6.07) is 18.2. The van der Waals surface area contributed by atoms with Gasteiger partial charge in [-0.15, -0.1) is 0 Å². The van der Waals surface area contributed by atoms with Crippen LogP contribution in [-0.2, 0) is 36.1 Å². The number of morpholine rings is 1. The molecule has 1 heterocycles. The minimum atomic E-state index is -3.81. The summed E-state index contributed by atoms with van der Waals surface area (Å²) in [4.78, 5) is 12.4. The molecule has 1 saturated heterocycles. The van der Waals surface area contributed by atoms with E-state index in [1.54, 1.807) is 36.4 Å². The topological polar surface area (TPSA) is 131 Å². The Hall–Kier alpha value is -3.16. The lowest BCUT2D eigenvalue weighted by molar-refractivity contribution is -0.123. The molecule has 0 bridgehead atoms. The molecule has 13 heteroatoms. The van der Waals surface area contributed by atoms with Gasteiger partial charge in [0.05, 0.1) is 23.0 Å². The summed E-state index contributed by atoms with van der Waals surface area (Å²) in [6.45, 7) is 1.29. The van der Waals surface area contributed by atoms with E-state index in [-0.39, 0.29) is 22.9 Å². The summed E-state index contributed by atoms with van der Waals surface area (Å²) in [5.41, 5.74) is 1.10. The Kier molecular flexibility index (Phi) is 8.90. The number of anilines is 1. The second kappa shape index (κ2) is 12.1. The van der Waals surface area contributed by atoms with Crippen LogP contribution in [0.4, 0.5) is 5.69 Å². The summed E-state index contributed by atoms with van der Waals surface area (Å²) < 4.78 is 65.0. The van der Waals surface area contributed by atoms with Crippen molar-refractivity contribution < 1.29 is 31.1 Å². The number of ether oxygens (including phenoxy) is 2. The van der Waals surface area contributed by atoms with Crippen molar-refractivity contribution in [2.24, 2.45) is 0 Å². The number of hydrogen-bond acceptors (Lipinski definition) is 7. The number of nitrogens with zero attached hydrogens (tertiary/aromatic N) is 1. The zero-order valence-corrected chi connectivity index (χ0v) is 22.6. The highest BCUT2D eigenvalue weighted by Gasteiger charge is 2.26. The normalized spacial score (nSPS) is 14.6. The highest BCUT2D eigenvalue weighted by atomic mass is 35.5. The first-order valence-electron chi connectivity index (χ1n) is 11.6. The molecule has 4 rings (SSSR count). The third-order valence-electron chi connectivity index (χ3n) is 5.62. The first-order chi connectivity index (χ1) is 18.1. The lowest BCUT2D eigenvalue weighted by Crippen LogP contribution is -2.40. The SMILES string of the molecule is O=C(COc1ccc(S(=O)(=O)Nc2ccc(Cl)cc2)cc1)NCc1ccc(S(=O)(=O)N2CCOCC2)cc1. The quantitative estimate of drug-likeness (QED) is 0.377. The smallest absolute Gasteiger partial charge is 0.261 e. The van der Waals surface area contributed by atoms with Gasteiger partial charge in [-0.05, 0) is 66.2 Å². The molecule has 0 saturated carbocycles. The average molecular weight is 580 g/mol.